The number of benzene rings is 1. The quantitative estimate of drug-likeness (QED) is 0.769. The van der Waals surface area contributed by atoms with Gasteiger partial charge in [0.1, 0.15) is 0 Å². The van der Waals surface area contributed by atoms with E-state index in [0.29, 0.717) is 6.04 Å². The van der Waals surface area contributed by atoms with Crippen LogP contribution in [0.4, 0.5) is 5.69 Å². The first-order valence-electron chi connectivity index (χ1n) is 5.18. The normalized spacial score (nSPS) is 12.6. The van der Waals surface area contributed by atoms with Gasteiger partial charge in [0, 0.05) is 11.7 Å². The van der Waals surface area contributed by atoms with Crippen molar-refractivity contribution < 1.29 is 0 Å². The lowest BCUT2D eigenvalue weighted by Gasteiger charge is -2.18. The van der Waals surface area contributed by atoms with Crippen molar-refractivity contribution >= 4 is 5.69 Å². The fourth-order valence-electron chi connectivity index (χ4n) is 1.61. The molecule has 0 amide bonds. The summed E-state index contributed by atoms with van der Waals surface area (Å²) in [6.07, 6.45) is 1.01. The highest BCUT2D eigenvalue weighted by molar-refractivity contribution is 5.57. The van der Waals surface area contributed by atoms with Crippen LogP contribution in [0.2, 0.25) is 0 Å². The number of para-hydroxylation sites is 1. The first kappa shape index (κ1) is 11.1. The molecule has 0 aliphatic carbocycles. The number of nitrogens with two attached hydrogens (primary N) is 1. The molecule has 1 aromatic rings. The Hall–Kier alpha value is -1.02. The summed E-state index contributed by atoms with van der Waals surface area (Å²) in [4.78, 5) is 0. The van der Waals surface area contributed by atoms with Crippen molar-refractivity contribution in [3.05, 3.63) is 29.3 Å². The Morgan fingerprint density at radius 1 is 1.29 bits per heavy atom. The molecule has 1 atom stereocenters. The van der Waals surface area contributed by atoms with Crippen LogP contribution in [0.1, 0.15) is 24.5 Å². The maximum atomic E-state index is 5.52. The summed E-state index contributed by atoms with van der Waals surface area (Å²) in [5.74, 6) is 0. The zero-order valence-corrected chi connectivity index (χ0v) is 9.30. The molecule has 1 aromatic carbocycles. The van der Waals surface area contributed by atoms with Gasteiger partial charge in [-0.2, -0.15) is 0 Å². The Bertz CT molecular complexity index is 274. The smallest absolute Gasteiger partial charge is 0.0401 e. The molecule has 3 N–H and O–H groups in total. The van der Waals surface area contributed by atoms with Crippen LogP contribution in [0.3, 0.4) is 0 Å². The minimum Gasteiger partial charge on any atom is -0.382 e. The van der Waals surface area contributed by atoms with Crippen molar-refractivity contribution in [2.75, 3.05) is 11.9 Å². The standard InChI is InChI=1S/C12H20N2/c1-9-5-4-6-10(2)12(9)14-11(3)7-8-13/h4-6,11,14H,7-8,13H2,1-3H3. The molecule has 0 heterocycles. The molecule has 1 rings (SSSR count). The van der Waals surface area contributed by atoms with Gasteiger partial charge in [-0.3, -0.25) is 0 Å². The van der Waals surface area contributed by atoms with Gasteiger partial charge in [-0.25, -0.2) is 0 Å². The summed E-state index contributed by atoms with van der Waals surface area (Å²) in [6, 6.07) is 6.79. The molecule has 0 radical (unpaired) electrons. The minimum absolute atomic E-state index is 0.444. The van der Waals surface area contributed by atoms with Gasteiger partial charge in [0.05, 0.1) is 0 Å². The molecule has 0 saturated heterocycles. The number of nitrogens with one attached hydrogen (secondary N) is 1. The van der Waals surface area contributed by atoms with Crippen LogP contribution in [0.25, 0.3) is 0 Å². The molecular weight excluding hydrogens is 172 g/mol. The summed E-state index contributed by atoms with van der Waals surface area (Å²) < 4.78 is 0. The lowest BCUT2D eigenvalue weighted by molar-refractivity contribution is 0.715. The molecule has 78 valence electrons. The molecular formula is C12H20N2. The van der Waals surface area contributed by atoms with Gasteiger partial charge in [-0.05, 0) is 44.9 Å². The van der Waals surface area contributed by atoms with Crippen LogP contribution >= 0.6 is 0 Å². The van der Waals surface area contributed by atoms with Crippen LogP contribution < -0.4 is 11.1 Å². The van der Waals surface area contributed by atoms with Gasteiger partial charge in [-0.1, -0.05) is 18.2 Å². The SMILES string of the molecule is Cc1cccc(C)c1NC(C)CCN. The van der Waals surface area contributed by atoms with Gasteiger partial charge < -0.3 is 11.1 Å². The Labute approximate surface area is 86.5 Å². The number of hydrogen-bond donors (Lipinski definition) is 2. The van der Waals surface area contributed by atoms with E-state index >= 15 is 0 Å². The number of aryl methyl sites for hydroxylation is 2. The zero-order valence-electron chi connectivity index (χ0n) is 9.30. The van der Waals surface area contributed by atoms with E-state index in [4.69, 9.17) is 5.73 Å². The first-order chi connectivity index (χ1) is 6.65. The van der Waals surface area contributed by atoms with E-state index in [-0.39, 0.29) is 0 Å². The molecule has 0 bridgehead atoms. The molecule has 1 unspecified atom stereocenters. The molecule has 14 heavy (non-hydrogen) atoms. The second-order valence-corrected chi connectivity index (χ2v) is 3.89. The van der Waals surface area contributed by atoms with E-state index in [0.717, 1.165) is 13.0 Å². The van der Waals surface area contributed by atoms with Gasteiger partial charge in [0.2, 0.25) is 0 Å². The lowest BCUT2D eigenvalue weighted by Crippen LogP contribution is -2.20. The van der Waals surface area contributed by atoms with E-state index in [1.807, 2.05) is 0 Å². The number of anilines is 1. The zero-order chi connectivity index (χ0) is 10.6. The molecule has 0 saturated carbocycles. The van der Waals surface area contributed by atoms with Crippen LogP contribution in [0.5, 0.6) is 0 Å². The van der Waals surface area contributed by atoms with Gasteiger partial charge in [0.15, 0.2) is 0 Å². The highest BCUT2D eigenvalue weighted by Crippen LogP contribution is 2.20. The van der Waals surface area contributed by atoms with Gasteiger partial charge >= 0.3 is 0 Å². The van der Waals surface area contributed by atoms with E-state index in [1.165, 1.54) is 16.8 Å². The predicted molar refractivity (Wildman–Crippen MR) is 62.7 cm³/mol. The van der Waals surface area contributed by atoms with Gasteiger partial charge in [0.25, 0.3) is 0 Å². The average molecular weight is 192 g/mol. The van der Waals surface area contributed by atoms with Gasteiger partial charge in [-0.15, -0.1) is 0 Å². The third-order valence-electron chi connectivity index (χ3n) is 2.47. The fraction of sp³-hybridized carbons (Fsp3) is 0.500. The monoisotopic (exact) mass is 192 g/mol. The van der Waals surface area contributed by atoms with E-state index in [2.05, 4.69) is 44.3 Å². The second kappa shape index (κ2) is 5.01. The van der Waals surface area contributed by atoms with Crippen molar-refractivity contribution in [1.82, 2.24) is 0 Å². The topological polar surface area (TPSA) is 38.0 Å². The van der Waals surface area contributed by atoms with Crippen molar-refractivity contribution in [3.63, 3.8) is 0 Å². The first-order valence-corrected chi connectivity index (χ1v) is 5.18. The predicted octanol–water partition coefficient (Wildman–Crippen LogP) is 2.45. The molecule has 0 aliphatic heterocycles. The molecule has 2 nitrogen and oxygen atoms in total. The lowest BCUT2D eigenvalue weighted by atomic mass is 10.1. The molecule has 0 aliphatic rings. The van der Waals surface area contributed by atoms with Crippen molar-refractivity contribution in [3.8, 4) is 0 Å². The van der Waals surface area contributed by atoms with Crippen LogP contribution in [0, 0.1) is 13.8 Å². The van der Waals surface area contributed by atoms with E-state index in [9.17, 15) is 0 Å². The minimum atomic E-state index is 0.444. The fourth-order valence-corrected chi connectivity index (χ4v) is 1.61. The van der Waals surface area contributed by atoms with Crippen LogP contribution in [0.15, 0.2) is 18.2 Å². The van der Waals surface area contributed by atoms with E-state index in [1.54, 1.807) is 0 Å². The summed E-state index contributed by atoms with van der Waals surface area (Å²) >= 11 is 0. The molecule has 0 aromatic heterocycles. The Morgan fingerprint density at radius 2 is 1.86 bits per heavy atom. The summed E-state index contributed by atoms with van der Waals surface area (Å²) in [5.41, 5.74) is 9.38. The van der Waals surface area contributed by atoms with Crippen molar-refractivity contribution in [2.24, 2.45) is 5.73 Å². The van der Waals surface area contributed by atoms with Crippen LogP contribution in [-0.2, 0) is 0 Å². The highest BCUT2D eigenvalue weighted by atomic mass is 14.9. The Morgan fingerprint density at radius 3 is 2.36 bits per heavy atom. The number of rotatable bonds is 4. The Kier molecular flexibility index (Phi) is 3.96. The average Bonchev–Trinajstić information content (AvgIpc) is 2.12. The molecule has 2 heteroatoms. The largest absolute Gasteiger partial charge is 0.382 e. The second-order valence-electron chi connectivity index (χ2n) is 3.89. The number of hydrogen-bond acceptors (Lipinski definition) is 2. The van der Waals surface area contributed by atoms with Crippen LogP contribution in [-0.4, -0.2) is 12.6 Å². The molecule has 0 fully saturated rings. The maximum Gasteiger partial charge on any atom is 0.0401 e. The highest BCUT2D eigenvalue weighted by Gasteiger charge is 2.05. The summed E-state index contributed by atoms with van der Waals surface area (Å²) in [6.45, 7) is 7.16. The Balaban J connectivity index is 2.75. The maximum absolute atomic E-state index is 5.52. The van der Waals surface area contributed by atoms with Crippen molar-refractivity contribution in [1.29, 1.82) is 0 Å². The van der Waals surface area contributed by atoms with E-state index < -0.39 is 0 Å². The summed E-state index contributed by atoms with van der Waals surface area (Å²) in [5, 5.41) is 3.50. The summed E-state index contributed by atoms with van der Waals surface area (Å²) in [7, 11) is 0. The third-order valence-corrected chi connectivity index (χ3v) is 2.47. The van der Waals surface area contributed by atoms with Crippen molar-refractivity contribution in [2.45, 2.75) is 33.2 Å². The molecule has 0 spiro atoms. The third kappa shape index (κ3) is 2.74.